The molecule has 0 bridgehead atoms. The normalized spacial score (nSPS) is 31.7. The van der Waals surface area contributed by atoms with E-state index in [1.807, 2.05) is 0 Å². The van der Waals surface area contributed by atoms with Gasteiger partial charge in [0.05, 0.1) is 10.1 Å². The number of aliphatic hydroxyl groups is 1. The quantitative estimate of drug-likeness (QED) is 0.821. The Morgan fingerprint density at radius 2 is 2.05 bits per heavy atom. The van der Waals surface area contributed by atoms with Gasteiger partial charge in [0.15, 0.2) is 0 Å². The van der Waals surface area contributed by atoms with Crippen molar-refractivity contribution in [2.75, 3.05) is 0 Å². The van der Waals surface area contributed by atoms with Gasteiger partial charge in [-0.05, 0) is 52.6 Å². The molecule has 1 aliphatic rings. The highest BCUT2D eigenvalue weighted by molar-refractivity contribution is 9.10. The minimum Gasteiger partial charge on any atom is -0.385 e. The van der Waals surface area contributed by atoms with E-state index < -0.39 is 5.60 Å². The maximum Gasteiger partial charge on any atom is 0.143 e. The van der Waals surface area contributed by atoms with Gasteiger partial charge in [-0.3, -0.25) is 0 Å². The molecular formula is C16H22BrFO. The minimum atomic E-state index is -1.04. The van der Waals surface area contributed by atoms with Gasteiger partial charge in [0, 0.05) is 5.56 Å². The van der Waals surface area contributed by atoms with E-state index in [-0.39, 0.29) is 11.7 Å². The molecule has 3 heteroatoms. The van der Waals surface area contributed by atoms with E-state index in [0.717, 1.165) is 12.8 Å². The van der Waals surface area contributed by atoms with Crippen molar-refractivity contribution < 1.29 is 9.50 Å². The first-order valence-electron chi connectivity index (χ1n) is 7.03. The molecule has 1 N–H and O–H groups in total. The summed E-state index contributed by atoms with van der Waals surface area (Å²) in [6.07, 6.45) is 2.71. The molecule has 1 fully saturated rings. The average Bonchev–Trinajstić information content (AvgIpc) is 2.31. The molecule has 3 unspecified atom stereocenters. The summed E-state index contributed by atoms with van der Waals surface area (Å²) < 4.78 is 14.8. The largest absolute Gasteiger partial charge is 0.385 e. The zero-order valence-electron chi connectivity index (χ0n) is 11.8. The van der Waals surface area contributed by atoms with Crippen LogP contribution in [0.25, 0.3) is 0 Å². The topological polar surface area (TPSA) is 20.2 Å². The summed E-state index contributed by atoms with van der Waals surface area (Å²) in [6, 6.07) is 5.21. The van der Waals surface area contributed by atoms with Gasteiger partial charge >= 0.3 is 0 Å². The number of benzene rings is 1. The molecule has 19 heavy (non-hydrogen) atoms. The van der Waals surface area contributed by atoms with E-state index in [1.165, 1.54) is 0 Å². The van der Waals surface area contributed by atoms with Crippen LogP contribution in [0.1, 0.15) is 45.6 Å². The lowest BCUT2D eigenvalue weighted by molar-refractivity contribution is -0.0888. The van der Waals surface area contributed by atoms with E-state index in [0.29, 0.717) is 28.3 Å². The summed E-state index contributed by atoms with van der Waals surface area (Å²) in [5.41, 5.74) is -0.591. The molecular weight excluding hydrogens is 307 g/mol. The van der Waals surface area contributed by atoms with Crippen molar-refractivity contribution in [3.63, 3.8) is 0 Å². The first-order chi connectivity index (χ1) is 8.86. The SMILES string of the molecule is CC1CCC(C(C)C)C(O)(c2cccc(Br)c2F)C1. The van der Waals surface area contributed by atoms with Gasteiger partial charge in [-0.1, -0.05) is 39.3 Å². The van der Waals surface area contributed by atoms with Crippen LogP contribution in [0, 0.1) is 23.6 Å². The van der Waals surface area contributed by atoms with E-state index in [2.05, 4.69) is 36.7 Å². The number of halogens is 2. The Kier molecular flexibility index (Phi) is 4.36. The Morgan fingerprint density at radius 3 is 2.68 bits per heavy atom. The predicted molar refractivity (Wildman–Crippen MR) is 79.3 cm³/mol. The Balaban J connectivity index is 2.49. The predicted octanol–water partition coefficient (Wildman–Crippen LogP) is 4.87. The van der Waals surface area contributed by atoms with E-state index in [9.17, 15) is 9.50 Å². The van der Waals surface area contributed by atoms with Crippen LogP contribution in [0.2, 0.25) is 0 Å². The second-order valence-electron chi connectivity index (χ2n) is 6.26. The molecule has 0 aromatic heterocycles. The summed E-state index contributed by atoms with van der Waals surface area (Å²) >= 11 is 3.22. The van der Waals surface area contributed by atoms with Crippen molar-refractivity contribution >= 4 is 15.9 Å². The highest BCUT2D eigenvalue weighted by Crippen LogP contribution is 2.48. The maximum absolute atomic E-state index is 14.4. The Morgan fingerprint density at radius 1 is 1.37 bits per heavy atom. The zero-order valence-corrected chi connectivity index (χ0v) is 13.4. The van der Waals surface area contributed by atoms with Crippen LogP contribution < -0.4 is 0 Å². The van der Waals surface area contributed by atoms with Crippen LogP contribution in [-0.2, 0) is 5.60 Å². The smallest absolute Gasteiger partial charge is 0.143 e. The molecule has 1 aliphatic carbocycles. The van der Waals surface area contributed by atoms with Crippen LogP contribution in [-0.4, -0.2) is 5.11 Å². The fourth-order valence-electron chi connectivity index (χ4n) is 3.52. The van der Waals surface area contributed by atoms with Gasteiger partial charge in [0.2, 0.25) is 0 Å². The lowest BCUT2D eigenvalue weighted by Gasteiger charge is -2.45. The molecule has 1 nitrogen and oxygen atoms in total. The monoisotopic (exact) mass is 328 g/mol. The van der Waals surface area contributed by atoms with Crippen molar-refractivity contribution in [2.24, 2.45) is 17.8 Å². The summed E-state index contributed by atoms with van der Waals surface area (Å²) in [7, 11) is 0. The standard InChI is InChI=1S/C16H22BrFO/c1-10(2)12-8-7-11(3)9-16(12,19)13-5-4-6-14(17)15(13)18/h4-6,10-12,19H,7-9H2,1-3H3. The maximum atomic E-state index is 14.4. The first kappa shape index (κ1) is 15.0. The summed E-state index contributed by atoms with van der Waals surface area (Å²) in [5, 5.41) is 11.2. The Labute approximate surface area is 123 Å². The third-order valence-electron chi connectivity index (χ3n) is 4.47. The number of rotatable bonds is 2. The molecule has 0 heterocycles. The van der Waals surface area contributed by atoms with Crippen LogP contribution in [0.4, 0.5) is 4.39 Å². The van der Waals surface area contributed by atoms with Gasteiger partial charge < -0.3 is 5.11 Å². The van der Waals surface area contributed by atoms with Crippen LogP contribution in [0.15, 0.2) is 22.7 Å². The molecule has 0 amide bonds. The van der Waals surface area contributed by atoms with Crippen LogP contribution in [0.5, 0.6) is 0 Å². The lowest BCUT2D eigenvalue weighted by atomic mass is 9.64. The Hall–Kier alpha value is -0.410. The number of hydrogen-bond acceptors (Lipinski definition) is 1. The second kappa shape index (κ2) is 5.53. The minimum absolute atomic E-state index is 0.118. The molecule has 0 aliphatic heterocycles. The second-order valence-corrected chi connectivity index (χ2v) is 7.12. The van der Waals surface area contributed by atoms with Crippen molar-refractivity contribution in [3.05, 3.63) is 34.1 Å². The third kappa shape index (κ3) is 2.73. The van der Waals surface area contributed by atoms with Crippen molar-refractivity contribution in [1.29, 1.82) is 0 Å². The molecule has 0 saturated heterocycles. The van der Waals surface area contributed by atoms with Crippen LogP contribution >= 0.6 is 15.9 Å². The summed E-state index contributed by atoms with van der Waals surface area (Å²) in [5.74, 6) is 0.575. The highest BCUT2D eigenvalue weighted by atomic mass is 79.9. The fourth-order valence-corrected chi connectivity index (χ4v) is 3.89. The zero-order chi connectivity index (χ0) is 14.2. The summed E-state index contributed by atoms with van der Waals surface area (Å²) in [6.45, 7) is 6.36. The number of hydrogen-bond donors (Lipinski definition) is 1. The van der Waals surface area contributed by atoms with Gasteiger partial charge in [0.25, 0.3) is 0 Å². The average molecular weight is 329 g/mol. The van der Waals surface area contributed by atoms with Crippen molar-refractivity contribution in [2.45, 2.75) is 45.6 Å². The van der Waals surface area contributed by atoms with E-state index >= 15 is 0 Å². The van der Waals surface area contributed by atoms with E-state index in [4.69, 9.17) is 0 Å². The fraction of sp³-hybridized carbons (Fsp3) is 0.625. The van der Waals surface area contributed by atoms with Crippen molar-refractivity contribution in [1.82, 2.24) is 0 Å². The van der Waals surface area contributed by atoms with Crippen molar-refractivity contribution in [3.8, 4) is 0 Å². The molecule has 1 saturated carbocycles. The third-order valence-corrected chi connectivity index (χ3v) is 5.08. The first-order valence-corrected chi connectivity index (χ1v) is 7.82. The highest BCUT2D eigenvalue weighted by Gasteiger charge is 2.45. The van der Waals surface area contributed by atoms with Gasteiger partial charge in [-0.15, -0.1) is 0 Å². The van der Waals surface area contributed by atoms with E-state index in [1.54, 1.807) is 18.2 Å². The molecule has 106 valence electrons. The molecule has 3 atom stereocenters. The van der Waals surface area contributed by atoms with Gasteiger partial charge in [0.1, 0.15) is 5.82 Å². The van der Waals surface area contributed by atoms with Gasteiger partial charge in [-0.2, -0.15) is 0 Å². The summed E-state index contributed by atoms with van der Waals surface area (Å²) in [4.78, 5) is 0. The molecule has 0 radical (unpaired) electrons. The molecule has 0 spiro atoms. The molecule has 1 aromatic carbocycles. The molecule has 2 rings (SSSR count). The Bertz CT molecular complexity index is 460. The van der Waals surface area contributed by atoms with Gasteiger partial charge in [-0.25, -0.2) is 4.39 Å². The van der Waals surface area contributed by atoms with Crippen LogP contribution in [0.3, 0.4) is 0 Å². The lowest BCUT2D eigenvalue weighted by Crippen LogP contribution is -2.43. The molecule has 1 aromatic rings.